The molecule has 0 radical (unpaired) electrons. The SMILES string of the molecule is CC[C@H](NC(=O)OCC1c2ccccc2-c2ccccc21)C(=O)NC(CN(C)Cc1ccccc1)C(=O)O. The fourth-order valence-corrected chi connectivity index (χ4v) is 4.86. The Morgan fingerprint density at radius 1 is 0.868 bits per heavy atom. The lowest BCUT2D eigenvalue weighted by Crippen LogP contribution is -2.54. The van der Waals surface area contributed by atoms with Crippen molar-refractivity contribution in [2.45, 2.75) is 37.9 Å². The van der Waals surface area contributed by atoms with E-state index in [0.717, 1.165) is 27.8 Å². The number of aliphatic carboxylic acids is 1. The molecule has 1 unspecified atom stereocenters. The average Bonchev–Trinajstić information content (AvgIpc) is 3.24. The molecule has 3 aromatic carbocycles. The van der Waals surface area contributed by atoms with E-state index in [1.807, 2.05) is 71.6 Å². The number of rotatable bonds is 11. The molecule has 0 saturated heterocycles. The van der Waals surface area contributed by atoms with Gasteiger partial charge in [-0.2, -0.15) is 0 Å². The van der Waals surface area contributed by atoms with Gasteiger partial charge in [-0.25, -0.2) is 9.59 Å². The zero-order valence-electron chi connectivity index (χ0n) is 21.6. The van der Waals surface area contributed by atoms with Crippen LogP contribution in [0.5, 0.6) is 0 Å². The number of alkyl carbamates (subject to hydrolysis) is 1. The highest BCUT2D eigenvalue weighted by molar-refractivity contribution is 5.89. The summed E-state index contributed by atoms with van der Waals surface area (Å²) in [6.45, 7) is 2.51. The van der Waals surface area contributed by atoms with E-state index in [0.29, 0.717) is 6.54 Å². The molecule has 0 aromatic heterocycles. The monoisotopic (exact) mass is 515 g/mol. The van der Waals surface area contributed by atoms with Crippen LogP contribution in [0.3, 0.4) is 0 Å². The summed E-state index contributed by atoms with van der Waals surface area (Å²) in [4.78, 5) is 39.2. The van der Waals surface area contributed by atoms with Crippen LogP contribution in [0.15, 0.2) is 78.9 Å². The lowest BCUT2D eigenvalue weighted by atomic mass is 9.98. The van der Waals surface area contributed by atoms with Crippen molar-refractivity contribution in [1.82, 2.24) is 15.5 Å². The van der Waals surface area contributed by atoms with Crippen LogP contribution in [-0.4, -0.2) is 60.3 Å². The van der Waals surface area contributed by atoms with Crippen molar-refractivity contribution in [3.8, 4) is 11.1 Å². The van der Waals surface area contributed by atoms with Gasteiger partial charge in [-0.05, 0) is 41.3 Å². The predicted octanol–water partition coefficient (Wildman–Crippen LogP) is 4.01. The van der Waals surface area contributed by atoms with Gasteiger partial charge in [-0.1, -0.05) is 85.8 Å². The van der Waals surface area contributed by atoms with Gasteiger partial charge in [0.2, 0.25) is 5.91 Å². The van der Waals surface area contributed by atoms with E-state index in [1.54, 1.807) is 14.0 Å². The number of hydrogen-bond acceptors (Lipinski definition) is 5. The molecule has 0 aliphatic heterocycles. The summed E-state index contributed by atoms with van der Waals surface area (Å²) < 4.78 is 5.55. The Bertz CT molecular complexity index is 1230. The molecule has 2 amide bonds. The largest absolute Gasteiger partial charge is 0.480 e. The minimum Gasteiger partial charge on any atom is -0.480 e. The number of likely N-dealkylation sites (N-methyl/N-ethyl adjacent to an activating group) is 1. The van der Waals surface area contributed by atoms with Gasteiger partial charge in [-0.3, -0.25) is 9.69 Å². The molecule has 4 rings (SSSR count). The number of nitrogens with zero attached hydrogens (tertiary/aromatic N) is 1. The summed E-state index contributed by atoms with van der Waals surface area (Å²) in [6.07, 6.45) is -0.440. The number of carboxylic acids is 1. The van der Waals surface area contributed by atoms with Gasteiger partial charge in [0.05, 0.1) is 0 Å². The lowest BCUT2D eigenvalue weighted by molar-refractivity contribution is -0.142. The van der Waals surface area contributed by atoms with Gasteiger partial charge in [0.1, 0.15) is 18.7 Å². The van der Waals surface area contributed by atoms with Crippen LogP contribution in [0, 0.1) is 0 Å². The number of carbonyl (C=O) groups excluding carboxylic acids is 2. The summed E-state index contributed by atoms with van der Waals surface area (Å²) in [5.41, 5.74) is 5.47. The molecule has 8 heteroatoms. The van der Waals surface area contributed by atoms with Crippen molar-refractivity contribution in [3.63, 3.8) is 0 Å². The normalized spacial score (nSPS) is 13.8. The van der Waals surface area contributed by atoms with Gasteiger partial charge in [0.15, 0.2) is 0 Å². The summed E-state index contributed by atoms with van der Waals surface area (Å²) in [5.74, 6) is -1.81. The Hall–Kier alpha value is -4.17. The van der Waals surface area contributed by atoms with E-state index >= 15 is 0 Å². The second-order valence-electron chi connectivity index (χ2n) is 9.51. The molecular weight excluding hydrogens is 482 g/mol. The Morgan fingerprint density at radius 3 is 2.03 bits per heavy atom. The number of fused-ring (bicyclic) bond motifs is 3. The molecular formula is C30H33N3O5. The maximum absolute atomic E-state index is 12.9. The van der Waals surface area contributed by atoms with Crippen molar-refractivity contribution in [3.05, 3.63) is 95.6 Å². The fraction of sp³-hybridized carbons (Fsp3) is 0.300. The number of hydrogen-bond donors (Lipinski definition) is 3. The number of nitrogens with one attached hydrogen (secondary N) is 2. The molecule has 0 fully saturated rings. The summed E-state index contributed by atoms with van der Waals surface area (Å²) in [7, 11) is 1.79. The zero-order chi connectivity index (χ0) is 27.1. The maximum atomic E-state index is 12.9. The van der Waals surface area contributed by atoms with Crippen LogP contribution in [0.4, 0.5) is 4.79 Å². The van der Waals surface area contributed by atoms with Gasteiger partial charge in [0, 0.05) is 19.0 Å². The van der Waals surface area contributed by atoms with Gasteiger partial charge in [-0.15, -0.1) is 0 Å². The first-order valence-electron chi connectivity index (χ1n) is 12.7. The Kier molecular flexibility index (Phi) is 8.76. The Labute approximate surface area is 222 Å². The van der Waals surface area contributed by atoms with Gasteiger partial charge in [0.25, 0.3) is 0 Å². The second kappa shape index (κ2) is 12.4. The van der Waals surface area contributed by atoms with Crippen molar-refractivity contribution in [2.24, 2.45) is 0 Å². The average molecular weight is 516 g/mol. The van der Waals surface area contributed by atoms with Crippen molar-refractivity contribution in [2.75, 3.05) is 20.2 Å². The highest BCUT2D eigenvalue weighted by Crippen LogP contribution is 2.44. The molecule has 38 heavy (non-hydrogen) atoms. The highest BCUT2D eigenvalue weighted by Gasteiger charge is 2.30. The fourth-order valence-electron chi connectivity index (χ4n) is 4.86. The molecule has 0 bridgehead atoms. The van der Waals surface area contributed by atoms with Crippen LogP contribution >= 0.6 is 0 Å². The molecule has 0 heterocycles. The third kappa shape index (κ3) is 6.39. The molecule has 0 spiro atoms. The molecule has 198 valence electrons. The Morgan fingerprint density at radius 2 is 1.45 bits per heavy atom. The van der Waals surface area contributed by atoms with Gasteiger partial charge < -0.3 is 20.5 Å². The second-order valence-corrected chi connectivity index (χ2v) is 9.51. The van der Waals surface area contributed by atoms with E-state index in [1.165, 1.54) is 0 Å². The number of carboxylic acid groups (broad SMARTS) is 1. The van der Waals surface area contributed by atoms with Crippen molar-refractivity contribution in [1.29, 1.82) is 0 Å². The first-order valence-corrected chi connectivity index (χ1v) is 12.7. The van der Waals surface area contributed by atoms with Crippen LogP contribution in [0.2, 0.25) is 0 Å². The summed E-state index contributed by atoms with van der Waals surface area (Å²) in [5, 5.41) is 14.8. The summed E-state index contributed by atoms with van der Waals surface area (Å²) >= 11 is 0. The molecule has 3 aromatic rings. The topological polar surface area (TPSA) is 108 Å². The first kappa shape index (κ1) is 26.9. The predicted molar refractivity (Wildman–Crippen MR) is 145 cm³/mol. The number of benzene rings is 3. The molecule has 1 aliphatic carbocycles. The van der Waals surface area contributed by atoms with Crippen molar-refractivity contribution >= 4 is 18.0 Å². The van der Waals surface area contributed by atoms with Crippen LogP contribution in [0.25, 0.3) is 11.1 Å². The lowest BCUT2D eigenvalue weighted by Gasteiger charge is -2.24. The standard InChI is InChI=1S/C30H33N3O5/c1-3-26(28(34)31-27(29(35)36)18-33(2)17-20-11-5-4-6-12-20)32-30(37)38-19-25-23-15-9-7-13-21(23)22-14-8-10-16-24(22)25/h4-16,25-27H,3,17-19H2,1-2H3,(H,31,34)(H,32,37)(H,35,36)/t26-,27?/m0/s1. The van der Waals surface area contributed by atoms with E-state index in [-0.39, 0.29) is 25.5 Å². The Balaban J connectivity index is 1.32. The smallest absolute Gasteiger partial charge is 0.407 e. The molecule has 8 nitrogen and oxygen atoms in total. The van der Waals surface area contributed by atoms with Gasteiger partial charge >= 0.3 is 12.1 Å². The maximum Gasteiger partial charge on any atom is 0.407 e. The molecule has 3 N–H and O–H groups in total. The first-order chi connectivity index (χ1) is 18.4. The van der Waals surface area contributed by atoms with E-state index in [4.69, 9.17) is 4.74 Å². The highest BCUT2D eigenvalue weighted by atomic mass is 16.5. The van der Waals surface area contributed by atoms with Crippen LogP contribution in [0.1, 0.15) is 36.0 Å². The third-order valence-corrected chi connectivity index (χ3v) is 6.76. The minimum absolute atomic E-state index is 0.0985. The van der Waals surface area contributed by atoms with Crippen LogP contribution in [-0.2, 0) is 20.9 Å². The molecule has 1 aliphatic rings. The zero-order valence-corrected chi connectivity index (χ0v) is 21.6. The quantitative estimate of drug-likeness (QED) is 0.356. The van der Waals surface area contributed by atoms with Crippen LogP contribution < -0.4 is 10.6 Å². The van der Waals surface area contributed by atoms with Crippen molar-refractivity contribution < 1.29 is 24.2 Å². The number of amides is 2. The number of carbonyl (C=O) groups is 3. The third-order valence-electron chi connectivity index (χ3n) is 6.76. The number of ether oxygens (including phenoxy) is 1. The minimum atomic E-state index is -1.14. The summed E-state index contributed by atoms with van der Waals surface area (Å²) in [6, 6.07) is 23.7. The molecule has 2 atom stereocenters. The van der Waals surface area contributed by atoms with E-state index in [9.17, 15) is 19.5 Å². The van der Waals surface area contributed by atoms with E-state index in [2.05, 4.69) is 22.8 Å². The molecule has 0 saturated carbocycles. The van der Waals surface area contributed by atoms with E-state index < -0.39 is 30.1 Å².